The fourth-order valence-electron chi connectivity index (χ4n) is 4.77. The predicted octanol–water partition coefficient (Wildman–Crippen LogP) is 2.20. The number of carbonyl (C=O) groups is 3. The van der Waals surface area contributed by atoms with Crippen molar-refractivity contribution in [1.29, 1.82) is 0 Å². The third-order valence-corrected chi connectivity index (χ3v) is 6.23. The Morgan fingerprint density at radius 3 is 2.52 bits per heavy atom. The van der Waals surface area contributed by atoms with Gasteiger partial charge >= 0.3 is 0 Å². The van der Waals surface area contributed by atoms with Gasteiger partial charge in [0.1, 0.15) is 11.8 Å². The minimum Gasteiger partial charge on any atom is -0.497 e. The second kappa shape index (κ2) is 7.66. The second-order valence-electron chi connectivity index (χ2n) is 7.90. The molecule has 0 bridgehead atoms. The number of Topliss-reactive ketones (excluding diaryl/α,β-unsaturated/α-hetero) is 1. The van der Waals surface area contributed by atoms with Gasteiger partial charge in [-0.1, -0.05) is 18.2 Å². The van der Waals surface area contributed by atoms with E-state index in [9.17, 15) is 24.5 Å². The summed E-state index contributed by atoms with van der Waals surface area (Å²) >= 11 is 0. The van der Waals surface area contributed by atoms with Crippen molar-refractivity contribution in [2.24, 2.45) is 16.9 Å². The molecule has 3 heterocycles. The van der Waals surface area contributed by atoms with Crippen molar-refractivity contribution < 1.29 is 24.0 Å². The molecule has 33 heavy (non-hydrogen) atoms. The Morgan fingerprint density at radius 2 is 1.82 bits per heavy atom. The summed E-state index contributed by atoms with van der Waals surface area (Å²) in [5, 5.41) is 16.9. The van der Waals surface area contributed by atoms with E-state index >= 15 is 0 Å². The molecular weight excluding hydrogens is 428 g/mol. The molecule has 5 rings (SSSR count). The molecule has 10 nitrogen and oxygen atoms in total. The molecular formula is C23H18N4O6. The lowest BCUT2D eigenvalue weighted by atomic mass is 9.86. The monoisotopic (exact) mass is 446 g/mol. The second-order valence-corrected chi connectivity index (χ2v) is 7.90. The molecule has 0 radical (unpaired) electrons. The van der Waals surface area contributed by atoms with E-state index in [1.807, 2.05) is 0 Å². The van der Waals surface area contributed by atoms with E-state index in [0.29, 0.717) is 11.4 Å². The molecule has 0 spiro atoms. The van der Waals surface area contributed by atoms with Gasteiger partial charge in [-0.2, -0.15) is 5.10 Å². The predicted molar refractivity (Wildman–Crippen MR) is 117 cm³/mol. The Balaban J connectivity index is 1.55. The molecule has 3 aliphatic heterocycles. The maximum atomic E-state index is 13.5. The zero-order valence-corrected chi connectivity index (χ0v) is 17.4. The molecule has 2 fully saturated rings. The zero-order chi connectivity index (χ0) is 23.3. The third kappa shape index (κ3) is 3.10. The average Bonchev–Trinajstić information content (AvgIpc) is 3.31. The number of ketones is 1. The van der Waals surface area contributed by atoms with Crippen LogP contribution in [0.25, 0.3) is 0 Å². The number of ether oxygens (including phenoxy) is 1. The average molecular weight is 446 g/mol. The van der Waals surface area contributed by atoms with Gasteiger partial charge in [0.05, 0.1) is 35.6 Å². The van der Waals surface area contributed by atoms with Crippen LogP contribution in [0.1, 0.15) is 10.4 Å². The number of fused-ring (bicyclic) bond motifs is 3. The Kier molecular flexibility index (Phi) is 4.77. The molecule has 2 aromatic carbocycles. The van der Waals surface area contributed by atoms with E-state index in [-0.39, 0.29) is 11.3 Å². The van der Waals surface area contributed by atoms with Crippen molar-refractivity contribution in [2.75, 3.05) is 12.0 Å². The number of methoxy groups -OCH3 is 1. The SMILES string of the molecule is COc1ccc(N2C(=O)[C@@H]3[C@H](C2=O)[C@H](C(=O)c2cccc([N+](=O)[O-])c2)N2N=CC=C[C@@H]32)cc1. The molecule has 10 heteroatoms. The topological polar surface area (TPSA) is 122 Å². The standard InChI is InChI=1S/C23H18N4O6/c1-33-16-9-7-14(8-10-16)25-22(29)18-17-6-3-11-24-26(17)20(19(18)23(25)30)21(28)13-4-2-5-15(12-13)27(31)32/h2-12,17-20H,1H3/t17-,18-,19-,20+/m0/s1. The number of hydrogen-bond acceptors (Lipinski definition) is 8. The first-order chi connectivity index (χ1) is 15.9. The van der Waals surface area contributed by atoms with Gasteiger partial charge in [0.25, 0.3) is 5.69 Å². The van der Waals surface area contributed by atoms with E-state index in [4.69, 9.17) is 4.74 Å². The number of benzene rings is 2. The largest absolute Gasteiger partial charge is 0.497 e. The van der Waals surface area contributed by atoms with E-state index in [1.54, 1.807) is 36.4 Å². The van der Waals surface area contributed by atoms with Crippen molar-refractivity contribution >= 4 is 35.2 Å². The fraction of sp³-hybridized carbons (Fsp3) is 0.217. The highest BCUT2D eigenvalue weighted by molar-refractivity contribution is 6.24. The summed E-state index contributed by atoms with van der Waals surface area (Å²) in [6, 6.07) is 10.2. The highest BCUT2D eigenvalue weighted by atomic mass is 16.6. The number of non-ortho nitro benzene ring substituents is 1. The summed E-state index contributed by atoms with van der Waals surface area (Å²) in [6.07, 6.45) is 4.90. The first-order valence-corrected chi connectivity index (χ1v) is 10.2. The van der Waals surface area contributed by atoms with Gasteiger partial charge in [-0.15, -0.1) is 0 Å². The summed E-state index contributed by atoms with van der Waals surface area (Å²) < 4.78 is 5.14. The van der Waals surface area contributed by atoms with Crippen molar-refractivity contribution in [2.45, 2.75) is 12.1 Å². The lowest BCUT2D eigenvalue weighted by Gasteiger charge is -2.30. The van der Waals surface area contributed by atoms with Gasteiger partial charge in [0.2, 0.25) is 11.8 Å². The first kappa shape index (κ1) is 20.6. The molecule has 2 saturated heterocycles. The number of anilines is 1. The van der Waals surface area contributed by atoms with Crippen molar-refractivity contribution in [3.63, 3.8) is 0 Å². The van der Waals surface area contributed by atoms with Gasteiger partial charge in [-0.25, -0.2) is 4.90 Å². The Morgan fingerprint density at radius 1 is 1.09 bits per heavy atom. The van der Waals surface area contributed by atoms with Crippen LogP contribution in [0, 0.1) is 22.0 Å². The van der Waals surface area contributed by atoms with Crippen LogP contribution in [0.3, 0.4) is 0 Å². The summed E-state index contributed by atoms with van der Waals surface area (Å²) in [7, 11) is 1.51. The molecule has 0 unspecified atom stereocenters. The number of rotatable bonds is 5. The molecule has 3 aliphatic rings. The normalized spacial score (nSPS) is 25.2. The first-order valence-electron chi connectivity index (χ1n) is 10.2. The number of nitro groups is 1. The molecule has 0 aliphatic carbocycles. The maximum absolute atomic E-state index is 13.5. The Hall–Kier alpha value is -4.34. The lowest BCUT2D eigenvalue weighted by molar-refractivity contribution is -0.384. The smallest absolute Gasteiger partial charge is 0.270 e. The number of hydrogen-bond donors (Lipinski definition) is 0. The number of imide groups is 1. The van der Waals surface area contributed by atoms with E-state index in [0.717, 1.165) is 4.90 Å². The minimum absolute atomic E-state index is 0.0847. The van der Waals surface area contributed by atoms with Crippen LogP contribution in [0.4, 0.5) is 11.4 Å². The van der Waals surface area contributed by atoms with Gasteiger partial charge in [-0.3, -0.25) is 29.5 Å². The number of hydrazone groups is 1. The van der Waals surface area contributed by atoms with Gasteiger partial charge < -0.3 is 4.74 Å². The van der Waals surface area contributed by atoms with Crippen molar-refractivity contribution in [3.8, 4) is 5.75 Å². The quantitative estimate of drug-likeness (QED) is 0.299. The molecule has 2 aromatic rings. The Labute approximate surface area is 187 Å². The summed E-state index contributed by atoms with van der Waals surface area (Å²) in [6.45, 7) is 0. The van der Waals surface area contributed by atoms with Crippen LogP contribution in [0.5, 0.6) is 5.75 Å². The number of nitro benzene ring substituents is 1. The number of nitrogens with zero attached hydrogens (tertiary/aromatic N) is 4. The van der Waals surface area contributed by atoms with Crippen molar-refractivity contribution in [3.05, 3.63) is 76.4 Å². The van der Waals surface area contributed by atoms with Crippen LogP contribution in [-0.4, -0.2) is 52.9 Å². The van der Waals surface area contributed by atoms with Crippen molar-refractivity contribution in [1.82, 2.24) is 5.01 Å². The van der Waals surface area contributed by atoms with Crippen LogP contribution in [0.2, 0.25) is 0 Å². The molecule has 0 aromatic heterocycles. The number of amides is 2. The van der Waals surface area contributed by atoms with Crippen LogP contribution in [-0.2, 0) is 9.59 Å². The lowest BCUT2D eigenvalue weighted by Crippen LogP contribution is -2.46. The van der Waals surface area contributed by atoms with Crippen LogP contribution in [0.15, 0.2) is 65.8 Å². The van der Waals surface area contributed by atoms with Gasteiger partial charge in [-0.05, 0) is 30.3 Å². The fourth-order valence-corrected chi connectivity index (χ4v) is 4.77. The maximum Gasteiger partial charge on any atom is 0.270 e. The van der Waals surface area contributed by atoms with E-state index in [1.165, 1.54) is 42.6 Å². The number of allylic oxidation sites excluding steroid dienone is 1. The zero-order valence-electron chi connectivity index (χ0n) is 17.4. The van der Waals surface area contributed by atoms with Crippen LogP contribution >= 0.6 is 0 Å². The molecule has 0 N–H and O–H groups in total. The highest BCUT2D eigenvalue weighted by Gasteiger charge is 2.64. The summed E-state index contributed by atoms with van der Waals surface area (Å²) in [4.78, 5) is 52.2. The third-order valence-electron chi connectivity index (χ3n) is 6.23. The van der Waals surface area contributed by atoms with Gasteiger partial charge in [0.15, 0.2) is 5.78 Å². The van der Waals surface area contributed by atoms with Gasteiger partial charge in [0, 0.05) is 23.9 Å². The summed E-state index contributed by atoms with van der Waals surface area (Å²) in [5.41, 5.74) is 0.237. The molecule has 166 valence electrons. The van der Waals surface area contributed by atoms with Crippen LogP contribution < -0.4 is 9.64 Å². The Bertz CT molecular complexity index is 1240. The molecule has 0 saturated carbocycles. The molecule has 4 atom stereocenters. The van der Waals surface area contributed by atoms with E-state index in [2.05, 4.69) is 5.10 Å². The minimum atomic E-state index is -1.07. The number of carbonyl (C=O) groups excluding carboxylic acids is 3. The highest BCUT2D eigenvalue weighted by Crippen LogP contribution is 2.46. The summed E-state index contributed by atoms with van der Waals surface area (Å²) in [5.74, 6) is -2.62. The molecule has 2 amide bonds. The van der Waals surface area contributed by atoms with E-state index < -0.39 is 46.4 Å².